The number of nitrogens with two attached hydrogens (primary N) is 1. The van der Waals surface area contributed by atoms with Crippen molar-refractivity contribution in [1.29, 1.82) is 5.26 Å². The summed E-state index contributed by atoms with van der Waals surface area (Å²) in [5.41, 5.74) is 6.11. The van der Waals surface area contributed by atoms with E-state index in [1.807, 2.05) is 6.07 Å². The predicted molar refractivity (Wildman–Crippen MR) is 76.8 cm³/mol. The van der Waals surface area contributed by atoms with E-state index in [0.29, 0.717) is 18.8 Å². The summed E-state index contributed by atoms with van der Waals surface area (Å²) in [6.45, 7) is 0.732. The Morgan fingerprint density at radius 3 is 2.95 bits per heavy atom. The third kappa shape index (κ3) is 2.39. The molecular formula is C14H17N3O3S. The summed E-state index contributed by atoms with van der Waals surface area (Å²) in [5.74, 6) is 0. The Morgan fingerprint density at radius 2 is 2.19 bits per heavy atom. The second kappa shape index (κ2) is 5.30. The first-order chi connectivity index (χ1) is 10.0. The molecule has 0 amide bonds. The van der Waals surface area contributed by atoms with Crippen molar-refractivity contribution in [2.75, 3.05) is 18.9 Å². The quantitative estimate of drug-likeness (QED) is 0.825. The van der Waals surface area contributed by atoms with Crippen LogP contribution in [0.1, 0.15) is 24.8 Å². The summed E-state index contributed by atoms with van der Waals surface area (Å²) in [6, 6.07) is 6.14. The lowest BCUT2D eigenvalue weighted by Crippen LogP contribution is -2.51. The number of ether oxygens (including phenoxy) is 1. The van der Waals surface area contributed by atoms with Gasteiger partial charge in [-0.1, -0.05) is 0 Å². The van der Waals surface area contributed by atoms with Crippen molar-refractivity contribution in [3.05, 3.63) is 23.8 Å². The van der Waals surface area contributed by atoms with Crippen molar-refractivity contribution < 1.29 is 13.2 Å². The Labute approximate surface area is 124 Å². The van der Waals surface area contributed by atoms with E-state index in [1.54, 1.807) is 0 Å². The van der Waals surface area contributed by atoms with Crippen LogP contribution in [0.4, 0.5) is 5.69 Å². The van der Waals surface area contributed by atoms with E-state index in [-0.39, 0.29) is 22.6 Å². The van der Waals surface area contributed by atoms with Crippen molar-refractivity contribution >= 4 is 15.7 Å². The molecule has 2 unspecified atom stereocenters. The Morgan fingerprint density at radius 1 is 1.38 bits per heavy atom. The van der Waals surface area contributed by atoms with Crippen molar-refractivity contribution in [3.8, 4) is 6.07 Å². The van der Waals surface area contributed by atoms with Gasteiger partial charge in [0.25, 0.3) is 0 Å². The lowest BCUT2D eigenvalue weighted by molar-refractivity contribution is -0.0241. The minimum absolute atomic E-state index is 0.0205. The van der Waals surface area contributed by atoms with Gasteiger partial charge < -0.3 is 10.5 Å². The number of rotatable bonds is 2. The number of nitrogen functional groups attached to an aromatic ring is 1. The van der Waals surface area contributed by atoms with Crippen LogP contribution in [-0.2, 0) is 14.8 Å². The van der Waals surface area contributed by atoms with Gasteiger partial charge >= 0.3 is 0 Å². The molecule has 1 aliphatic carbocycles. The SMILES string of the molecule is N#Cc1cc(N)ccc1S(=O)(=O)N1CCOC2CCCC21. The highest BCUT2D eigenvalue weighted by molar-refractivity contribution is 7.89. The lowest BCUT2D eigenvalue weighted by Gasteiger charge is -2.36. The largest absolute Gasteiger partial charge is 0.399 e. The van der Waals surface area contributed by atoms with Crippen LogP contribution in [0.2, 0.25) is 0 Å². The average molecular weight is 307 g/mol. The fraction of sp³-hybridized carbons (Fsp3) is 0.500. The molecule has 1 aromatic rings. The zero-order chi connectivity index (χ0) is 15.0. The molecule has 0 aromatic heterocycles. The van der Waals surface area contributed by atoms with Gasteiger partial charge in [-0.3, -0.25) is 0 Å². The van der Waals surface area contributed by atoms with Gasteiger partial charge in [-0.15, -0.1) is 0 Å². The molecule has 2 fully saturated rings. The first kappa shape index (κ1) is 14.3. The van der Waals surface area contributed by atoms with Crippen LogP contribution in [0.15, 0.2) is 23.1 Å². The Bertz CT molecular complexity index is 696. The van der Waals surface area contributed by atoms with E-state index in [0.717, 1.165) is 19.3 Å². The predicted octanol–water partition coefficient (Wildman–Crippen LogP) is 1.08. The van der Waals surface area contributed by atoms with Crippen molar-refractivity contribution in [3.63, 3.8) is 0 Å². The highest BCUT2D eigenvalue weighted by atomic mass is 32.2. The molecule has 21 heavy (non-hydrogen) atoms. The van der Waals surface area contributed by atoms with Crippen molar-refractivity contribution in [2.24, 2.45) is 0 Å². The molecule has 1 saturated carbocycles. The number of benzene rings is 1. The van der Waals surface area contributed by atoms with Crippen LogP contribution in [0.25, 0.3) is 0 Å². The molecule has 2 N–H and O–H groups in total. The molecule has 1 heterocycles. The molecule has 2 atom stereocenters. The summed E-state index contributed by atoms with van der Waals surface area (Å²) in [6.07, 6.45) is 2.64. The second-order valence-electron chi connectivity index (χ2n) is 5.39. The Balaban J connectivity index is 2.02. The minimum atomic E-state index is -3.70. The molecule has 1 aliphatic heterocycles. The number of fused-ring (bicyclic) bond motifs is 1. The standard InChI is InChI=1S/C14H17N3O3S/c15-9-10-8-11(16)4-5-14(10)21(18,19)17-6-7-20-13-3-1-2-12(13)17/h4-5,8,12-13H,1-3,6-7,16H2. The van der Waals surface area contributed by atoms with E-state index in [4.69, 9.17) is 10.5 Å². The lowest BCUT2D eigenvalue weighted by atomic mass is 10.2. The van der Waals surface area contributed by atoms with E-state index in [2.05, 4.69) is 0 Å². The number of hydrogen-bond donors (Lipinski definition) is 1. The topological polar surface area (TPSA) is 96.4 Å². The molecule has 0 radical (unpaired) electrons. The average Bonchev–Trinajstić information content (AvgIpc) is 2.94. The summed E-state index contributed by atoms with van der Waals surface area (Å²) in [4.78, 5) is 0.0340. The number of anilines is 1. The number of hydrogen-bond acceptors (Lipinski definition) is 5. The van der Waals surface area contributed by atoms with E-state index < -0.39 is 10.0 Å². The van der Waals surface area contributed by atoms with Gasteiger partial charge in [0.05, 0.1) is 24.3 Å². The van der Waals surface area contributed by atoms with Crippen molar-refractivity contribution in [2.45, 2.75) is 36.3 Å². The van der Waals surface area contributed by atoms with Crippen LogP contribution >= 0.6 is 0 Å². The molecular weight excluding hydrogens is 290 g/mol. The summed E-state index contributed by atoms with van der Waals surface area (Å²) in [7, 11) is -3.70. The van der Waals surface area contributed by atoms with E-state index in [1.165, 1.54) is 22.5 Å². The van der Waals surface area contributed by atoms with Crippen molar-refractivity contribution in [1.82, 2.24) is 4.31 Å². The van der Waals surface area contributed by atoms with Gasteiger partial charge in [0, 0.05) is 12.2 Å². The van der Waals surface area contributed by atoms with Crippen LogP contribution < -0.4 is 5.73 Å². The van der Waals surface area contributed by atoms with Gasteiger partial charge in [-0.2, -0.15) is 9.57 Å². The van der Waals surface area contributed by atoms with Crippen LogP contribution in [0, 0.1) is 11.3 Å². The number of nitriles is 1. The number of morpholine rings is 1. The maximum atomic E-state index is 12.9. The Hall–Kier alpha value is -1.62. The molecule has 1 aromatic carbocycles. The van der Waals surface area contributed by atoms with E-state index >= 15 is 0 Å². The minimum Gasteiger partial charge on any atom is -0.399 e. The van der Waals surface area contributed by atoms with Gasteiger partial charge in [0.2, 0.25) is 10.0 Å². The maximum absolute atomic E-state index is 12.9. The normalized spacial score (nSPS) is 26.2. The smallest absolute Gasteiger partial charge is 0.244 e. The molecule has 0 spiro atoms. The monoisotopic (exact) mass is 307 g/mol. The molecule has 3 rings (SSSR count). The summed E-state index contributed by atoms with van der Waals surface area (Å²) >= 11 is 0. The first-order valence-electron chi connectivity index (χ1n) is 6.97. The van der Waals surface area contributed by atoms with Crippen LogP contribution in [-0.4, -0.2) is 38.0 Å². The van der Waals surface area contributed by atoms with E-state index in [9.17, 15) is 13.7 Å². The Kier molecular flexibility index (Phi) is 3.61. The van der Waals surface area contributed by atoms with Crippen LogP contribution in [0.5, 0.6) is 0 Å². The third-order valence-electron chi connectivity index (χ3n) is 4.14. The zero-order valence-corrected chi connectivity index (χ0v) is 12.3. The van der Waals surface area contributed by atoms with Gasteiger partial charge in [0.1, 0.15) is 11.0 Å². The number of nitrogens with zero attached hydrogens (tertiary/aromatic N) is 2. The fourth-order valence-corrected chi connectivity index (χ4v) is 4.96. The molecule has 7 heteroatoms. The summed E-state index contributed by atoms with van der Waals surface area (Å²) < 4.78 is 32.9. The molecule has 112 valence electrons. The zero-order valence-electron chi connectivity index (χ0n) is 11.5. The van der Waals surface area contributed by atoms with Gasteiger partial charge in [-0.05, 0) is 37.5 Å². The third-order valence-corrected chi connectivity index (χ3v) is 6.12. The molecule has 2 aliphatic rings. The molecule has 0 bridgehead atoms. The van der Waals surface area contributed by atoms with Crippen LogP contribution in [0.3, 0.4) is 0 Å². The highest BCUT2D eigenvalue weighted by Gasteiger charge is 2.42. The molecule has 1 saturated heterocycles. The number of sulfonamides is 1. The highest BCUT2D eigenvalue weighted by Crippen LogP contribution is 2.34. The first-order valence-corrected chi connectivity index (χ1v) is 8.41. The van der Waals surface area contributed by atoms with Gasteiger partial charge in [0.15, 0.2) is 0 Å². The van der Waals surface area contributed by atoms with Gasteiger partial charge in [-0.25, -0.2) is 8.42 Å². The fourth-order valence-electron chi connectivity index (χ4n) is 3.17. The second-order valence-corrected chi connectivity index (χ2v) is 7.25. The molecule has 6 nitrogen and oxygen atoms in total. The summed E-state index contributed by atoms with van der Waals surface area (Å²) in [5, 5.41) is 9.18. The maximum Gasteiger partial charge on any atom is 0.244 e.